The number of hydrogen-bond donors (Lipinski definition) is 1. The fourth-order valence-electron chi connectivity index (χ4n) is 1.69. The lowest BCUT2D eigenvalue weighted by atomic mass is 10.1. The summed E-state index contributed by atoms with van der Waals surface area (Å²) in [7, 11) is 3.12. The van der Waals surface area contributed by atoms with Crippen LogP contribution in [0.3, 0.4) is 0 Å². The number of halogens is 1. The van der Waals surface area contributed by atoms with Gasteiger partial charge in [-0.15, -0.1) is 11.3 Å². The van der Waals surface area contributed by atoms with Crippen molar-refractivity contribution in [2.45, 2.75) is 6.10 Å². The number of ether oxygens (including phenoxy) is 2. The van der Waals surface area contributed by atoms with Gasteiger partial charge in [-0.2, -0.15) is 0 Å². The number of aliphatic hydroxyl groups excluding tert-OH is 1. The molecule has 1 aromatic carbocycles. The molecule has 2 aromatic rings. The van der Waals surface area contributed by atoms with Gasteiger partial charge in [0, 0.05) is 5.56 Å². The molecule has 0 saturated heterocycles. The van der Waals surface area contributed by atoms with Crippen molar-refractivity contribution in [1.82, 2.24) is 4.98 Å². The Morgan fingerprint density at radius 2 is 2.11 bits per heavy atom. The monoisotopic (exact) mass is 329 g/mol. The van der Waals surface area contributed by atoms with Crippen LogP contribution in [-0.4, -0.2) is 24.3 Å². The first-order valence-electron chi connectivity index (χ1n) is 5.16. The fraction of sp³-hybridized carbons (Fsp3) is 0.250. The van der Waals surface area contributed by atoms with Gasteiger partial charge in [-0.3, -0.25) is 0 Å². The molecule has 2 rings (SSSR count). The van der Waals surface area contributed by atoms with E-state index >= 15 is 0 Å². The molecule has 1 unspecified atom stereocenters. The third-order valence-electron chi connectivity index (χ3n) is 2.53. The van der Waals surface area contributed by atoms with Crippen LogP contribution in [0.25, 0.3) is 0 Å². The molecule has 0 radical (unpaired) electrons. The van der Waals surface area contributed by atoms with Crippen molar-refractivity contribution in [1.29, 1.82) is 0 Å². The lowest BCUT2D eigenvalue weighted by Gasteiger charge is -2.16. The highest BCUT2D eigenvalue weighted by molar-refractivity contribution is 9.10. The Kier molecular flexibility index (Phi) is 4.21. The molecule has 6 heteroatoms. The minimum absolute atomic E-state index is 0.535. The Balaban J connectivity index is 2.48. The Hall–Kier alpha value is -1.11. The molecule has 0 aliphatic heterocycles. The Labute approximate surface area is 117 Å². The number of benzene rings is 1. The number of aromatic nitrogens is 1. The summed E-state index contributed by atoms with van der Waals surface area (Å²) in [6.07, 6.45) is -0.795. The number of nitrogens with zero attached hydrogens (tertiary/aromatic N) is 1. The minimum Gasteiger partial charge on any atom is -0.493 e. The molecule has 0 aliphatic rings. The average Bonchev–Trinajstić information content (AvgIpc) is 2.83. The van der Waals surface area contributed by atoms with Gasteiger partial charge in [0.1, 0.15) is 10.7 Å². The van der Waals surface area contributed by atoms with Gasteiger partial charge in [-0.25, -0.2) is 4.98 Å². The van der Waals surface area contributed by atoms with Crippen LogP contribution in [0, 0.1) is 0 Å². The first-order valence-corrected chi connectivity index (χ1v) is 6.84. The third kappa shape index (κ3) is 2.36. The zero-order valence-corrected chi connectivity index (χ0v) is 12.3. The highest BCUT2D eigenvalue weighted by Crippen LogP contribution is 2.39. The second-order valence-corrected chi connectivity index (χ2v) is 5.13. The zero-order chi connectivity index (χ0) is 13.1. The van der Waals surface area contributed by atoms with Gasteiger partial charge in [0.15, 0.2) is 11.5 Å². The maximum Gasteiger partial charge on any atom is 0.166 e. The van der Waals surface area contributed by atoms with Gasteiger partial charge in [0.2, 0.25) is 0 Å². The van der Waals surface area contributed by atoms with Crippen molar-refractivity contribution in [3.8, 4) is 11.5 Å². The summed E-state index contributed by atoms with van der Waals surface area (Å²) in [5, 5.41) is 10.4. The molecule has 0 saturated carbocycles. The number of rotatable bonds is 4. The maximum absolute atomic E-state index is 10.4. The van der Waals surface area contributed by atoms with E-state index in [0.717, 1.165) is 4.88 Å². The first-order chi connectivity index (χ1) is 8.69. The summed E-state index contributed by atoms with van der Waals surface area (Å²) in [5.74, 6) is 1.13. The quantitative estimate of drug-likeness (QED) is 0.936. The summed E-state index contributed by atoms with van der Waals surface area (Å²) in [5.41, 5.74) is 2.33. The summed E-state index contributed by atoms with van der Waals surface area (Å²) in [4.78, 5) is 4.80. The van der Waals surface area contributed by atoms with E-state index in [1.807, 2.05) is 6.07 Å². The van der Waals surface area contributed by atoms with E-state index in [0.29, 0.717) is 21.7 Å². The van der Waals surface area contributed by atoms with E-state index in [2.05, 4.69) is 20.9 Å². The summed E-state index contributed by atoms with van der Waals surface area (Å²) in [6, 6.07) is 5.41. The van der Waals surface area contributed by atoms with E-state index < -0.39 is 6.10 Å². The van der Waals surface area contributed by atoms with E-state index in [9.17, 15) is 5.11 Å². The number of methoxy groups -OCH3 is 2. The third-order valence-corrected chi connectivity index (χ3v) is 4.30. The molecule has 0 spiro atoms. The number of para-hydroxylation sites is 1. The zero-order valence-electron chi connectivity index (χ0n) is 9.88. The van der Waals surface area contributed by atoms with Gasteiger partial charge >= 0.3 is 0 Å². The van der Waals surface area contributed by atoms with E-state index in [4.69, 9.17) is 9.47 Å². The smallest absolute Gasteiger partial charge is 0.166 e. The van der Waals surface area contributed by atoms with Crippen molar-refractivity contribution in [3.05, 3.63) is 38.8 Å². The van der Waals surface area contributed by atoms with Gasteiger partial charge in [0.25, 0.3) is 0 Å². The standard InChI is InChI=1S/C12H12BrNO3S/c1-16-8-5-3-4-7(10(8)17-2)9(15)11-12(13)14-6-18-11/h3-6,9,15H,1-2H3. The molecule has 0 fully saturated rings. The van der Waals surface area contributed by atoms with Gasteiger partial charge in [-0.05, 0) is 22.0 Å². The number of hydrogen-bond acceptors (Lipinski definition) is 5. The van der Waals surface area contributed by atoms with Crippen LogP contribution in [0.15, 0.2) is 28.3 Å². The van der Waals surface area contributed by atoms with Crippen molar-refractivity contribution in [3.63, 3.8) is 0 Å². The predicted octanol–water partition coefficient (Wildman–Crippen LogP) is 3.00. The predicted molar refractivity (Wildman–Crippen MR) is 73.4 cm³/mol. The van der Waals surface area contributed by atoms with E-state index in [1.165, 1.54) is 11.3 Å². The summed E-state index contributed by atoms with van der Waals surface area (Å²) < 4.78 is 11.2. The molecule has 1 N–H and O–H groups in total. The molecule has 0 bridgehead atoms. The van der Waals surface area contributed by atoms with Crippen LogP contribution in [0.2, 0.25) is 0 Å². The molecule has 96 valence electrons. The van der Waals surface area contributed by atoms with E-state index in [-0.39, 0.29) is 0 Å². The Morgan fingerprint density at radius 3 is 2.67 bits per heavy atom. The summed E-state index contributed by atoms with van der Waals surface area (Å²) >= 11 is 4.69. The number of aliphatic hydroxyl groups is 1. The SMILES string of the molecule is COc1cccc(C(O)c2scnc2Br)c1OC. The van der Waals surface area contributed by atoms with Crippen LogP contribution in [-0.2, 0) is 0 Å². The molecular formula is C12H12BrNO3S. The Bertz CT molecular complexity index is 544. The fourth-order valence-corrected chi connectivity index (χ4v) is 3.10. The minimum atomic E-state index is -0.795. The topological polar surface area (TPSA) is 51.6 Å². The molecule has 1 heterocycles. The molecule has 1 atom stereocenters. The summed E-state index contributed by atoms with van der Waals surface area (Å²) in [6.45, 7) is 0. The molecule has 4 nitrogen and oxygen atoms in total. The lowest BCUT2D eigenvalue weighted by Crippen LogP contribution is -2.03. The van der Waals surface area contributed by atoms with Crippen LogP contribution in [0.5, 0.6) is 11.5 Å². The number of thiazole rings is 1. The van der Waals surface area contributed by atoms with Crippen LogP contribution < -0.4 is 9.47 Å². The normalized spacial score (nSPS) is 12.2. The lowest BCUT2D eigenvalue weighted by molar-refractivity contribution is 0.215. The van der Waals surface area contributed by atoms with Crippen molar-refractivity contribution in [2.24, 2.45) is 0 Å². The van der Waals surface area contributed by atoms with Gasteiger partial charge in [-0.1, -0.05) is 12.1 Å². The average molecular weight is 330 g/mol. The van der Waals surface area contributed by atoms with Gasteiger partial charge < -0.3 is 14.6 Å². The molecule has 0 aliphatic carbocycles. The second-order valence-electron chi connectivity index (χ2n) is 3.49. The maximum atomic E-state index is 10.4. The van der Waals surface area contributed by atoms with Crippen molar-refractivity contribution < 1.29 is 14.6 Å². The van der Waals surface area contributed by atoms with Crippen molar-refractivity contribution in [2.75, 3.05) is 14.2 Å². The first kappa shape index (κ1) is 13.3. The highest BCUT2D eigenvalue weighted by Gasteiger charge is 2.22. The van der Waals surface area contributed by atoms with Crippen molar-refractivity contribution >= 4 is 27.3 Å². The van der Waals surface area contributed by atoms with Crippen LogP contribution in [0.1, 0.15) is 16.5 Å². The molecule has 0 amide bonds. The second kappa shape index (κ2) is 5.69. The largest absolute Gasteiger partial charge is 0.493 e. The van der Waals surface area contributed by atoms with E-state index in [1.54, 1.807) is 31.9 Å². The molecule has 1 aromatic heterocycles. The molecular weight excluding hydrogens is 318 g/mol. The highest BCUT2D eigenvalue weighted by atomic mass is 79.9. The van der Waals surface area contributed by atoms with Crippen LogP contribution >= 0.6 is 27.3 Å². The molecule has 18 heavy (non-hydrogen) atoms. The van der Waals surface area contributed by atoms with Gasteiger partial charge in [0.05, 0.1) is 24.6 Å². The Morgan fingerprint density at radius 1 is 1.33 bits per heavy atom. The van der Waals surface area contributed by atoms with Crippen LogP contribution in [0.4, 0.5) is 0 Å².